The molecule has 1 amide bonds. The predicted molar refractivity (Wildman–Crippen MR) is 69.5 cm³/mol. The monoisotopic (exact) mass is 261 g/mol. The first-order valence-corrected chi connectivity index (χ1v) is 5.92. The van der Waals surface area contributed by atoms with Gasteiger partial charge in [0.1, 0.15) is 0 Å². The van der Waals surface area contributed by atoms with E-state index in [1.165, 1.54) is 4.90 Å². The van der Waals surface area contributed by atoms with Crippen LogP contribution in [0.5, 0.6) is 0 Å². The van der Waals surface area contributed by atoms with Crippen molar-refractivity contribution in [1.29, 1.82) is 0 Å². The van der Waals surface area contributed by atoms with Gasteiger partial charge in [0, 0.05) is 13.6 Å². The summed E-state index contributed by atoms with van der Waals surface area (Å²) in [6, 6.07) is 6.79. The summed E-state index contributed by atoms with van der Waals surface area (Å²) in [7, 11) is 1.60. The van der Waals surface area contributed by atoms with E-state index in [4.69, 9.17) is 0 Å². The van der Waals surface area contributed by atoms with E-state index in [9.17, 15) is 9.59 Å². The van der Waals surface area contributed by atoms with E-state index in [1.54, 1.807) is 19.2 Å². The molecule has 0 spiro atoms. The molecule has 0 aliphatic rings. The molecular formula is C12H15N5O2. The minimum atomic E-state index is -0.570. The number of hydrogen-bond acceptors (Lipinski definition) is 4. The lowest BCUT2D eigenvalue weighted by atomic mass is 10.2. The summed E-state index contributed by atoms with van der Waals surface area (Å²) in [6.45, 7) is 4.16. The Morgan fingerprint density at radius 3 is 2.63 bits per heavy atom. The Labute approximate surface area is 110 Å². The summed E-state index contributed by atoms with van der Waals surface area (Å²) in [5.74, 6) is 0. The molecule has 0 aliphatic heterocycles. The lowest BCUT2D eigenvalue weighted by Crippen LogP contribution is -2.38. The number of tetrazole rings is 1. The number of benzene rings is 1. The number of nitrogens with zero attached hydrogens (tertiary/aromatic N) is 5. The zero-order valence-corrected chi connectivity index (χ0v) is 11.1. The molecule has 7 nitrogen and oxygen atoms in total. The first-order chi connectivity index (χ1) is 9.06. The molecule has 0 aliphatic carbocycles. The number of carbonyl (C=O) groups is 1. The highest BCUT2D eigenvalue weighted by atomic mass is 16.2. The third-order valence-corrected chi connectivity index (χ3v) is 2.91. The van der Waals surface area contributed by atoms with Crippen molar-refractivity contribution in [3.8, 4) is 5.69 Å². The summed E-state index contributed by atoms with van der Waals surface area (Å²) in [5, 5.41) is 7.38. The van der Waals surface area contributed by atoms with Gasteiger partial charge in [0.25, 0.3) is 0 Å². The SMILES string of the molecule is CCN(C)C(=O)n1nnn(-c2ccccc2C)c1=O. The van der Waals surface area contributed by atoms with Crippen molar-refractivity contribution in [1.82, 2.24) is 24.7 Å². The van der Waals surface area contributed by atoms with Crippen LogP contribution in [0.4, 0.5) is 4.79 Å². The third-order valence-electron chi connectivity index (χ3n) is 2.91. The van der Waals surface area contributed by atoms with Gasteiger partial charge in [0.15, 0.2) is 0 Å². The maximum atomic E-state index is 12.1. The van der Waals surface area contributed by atoms with Gasteiger partial charge in [-0.3, -0.25) is 0 Å². The summed E-state index contributed by atoms with van der Waals surface area (Å²) >= 11 is 0. The molecule has 0 saturated heterocycles. The zero-order valence-electron chi connectivity index (χ0n) is 11.1. The van der Waals surface area contributed by atoms with E-state index in [-0.39, 0.29) is 0 Å². The van der Waals surface area contributed by atoms with Crippen LogP contribution in [0.1, 0.15) is 12.5 Å². The van der Waals surface area contributed by atoms with Crippen molar-refractivity contribution < 1.29 is 4.79 Å². The molecule has 19 heavy (non-hydrogen) atoms. The van der Waals surface area contributed by atoms with Gasteiger partial charge in [-0.15, -0.1) is 4.68 Å². The molecule has 100 valence electrons. The molecule has 7 heteroatoms. The minimum Gasteiger partial charge on any atom is -0.326 e. The van der Waals surface area contributed by atoms with Crippen molar-refractivity contribution >= 4 is 6.03 Å². The lowest BCUT2D eigenvalue weighted by molar-refractivity contribution is 0.208. The molecule has 0 atom stereocenters. The number of hydrogen-bond donors (Lipinski definition) is 0. The Kier molecular flexibility index (Phi) is 3.46. The first kappa shape index (κ1) is 13.0. The van der Waals surface area contributed by atoms with Crippen molar-refractivity contribution in [2.24, 2.45) is 0 Å². The average molecular weight is 261 g/mol. The van der Waals surface area contributed by atoms with Crippen LogP contribution < -0.4 is 5.69 Å². The van der Waals surface area contributed by atoms with Gasteiger partial charge in [0.05, 0.1) is 5.69 Å². The topological polar surface area (TPSA) is 73.0 Å². The Hall–Kier alpha value is -2.44. The van der Waals surface area contributed by atoms with Crippen LogP contribution in [-0.2, 0) is 0 Å². The van der Waals surface area contributed by atoms with E-state index in [1.807, 2.05) is 26.0 Å². The van der Waals surface area contributed by atoms with Crippen molar-refractivity contribution in [2.75, 3.05) is 13.6 Å². The maximum Gasteiger partial charge on any atom is 0.377 e. The molecule has 2 aromatic rings. The quantitative estimate of drug-likeness (QED) is 0.744. The standard InChI is InChI=1S/C12H15N5O2/c1-4-15(3)11(18)17-12(19)16(13-14-17)10-8-6-5-7-9(10)2/h5-8H,4H2,1-3H3. The Bertz CT molecular complexity index is 658. The summed E-state index contributed by atoms with van der Waals surface area (Å²) in [4.78, 5) is 25.4. The zero-order chi connectivity index (χ0) is 14.0. The third kappa shape index (κ3) is 2.26. The summed E-state index contributed by atoms with van der Waals surface area (Å²) < 4.78 is 1.88. The van der Waals surface area contributed by atoms with Crippen molar-refractivity contribution in [3.63, 3.8) is 0 Å². The van der Waals surface area contributed by atoms with Crippen LogP contribution >= 0.6 is 0 Å². The number of aryl methyl sites for hydroxylation is 1. The smallest absolute Gasteiger partial charge is 0.326 e. The predicted octanol–water partition coefficient (Wildman–Crippen LogP) is 0.657. The normalized spacial score (nSPS) is 10.5. The van der Waals surface area contributed by atoms with Crippen LogP contribution in [0, 0.1) is 6.92 Å². The molecule has 1 aromatic heterocycles. The van der Waals surface area contributed by atoms with Crippen LogP contribution in [0.2, 0.25) is 0 Å². The molecule has 1 heterocycles. The van der Waals surface area contributed by atoms with Crippen molar-refractivity contribution in [2.45, 2.75) is 13.8 Å². The highest BCUT2D eigenvalue weighted by molar-refractivity contribution is 5.75. The van der Waals surface area contributed by atoms with Gasteiger partial charge in [0.2, 0.25) is 0 Å². The Morgan fingerprint density at radius 1 is 1.32 bits per heavy atom. The van der Waals surface area contributed by atoms with Crippen LogP contribution in [0.25, 0.3) is 5.69 Å². The lowest BCUT2D eigenvalue weighted by Gasteiger charge is -2.11. The van der Waals surface area contributed by atoms with Crippen molar-refractivity contribution in [3.05, 3.63) is 40.3 Å². The molecule has 1 aromatic carbocycles. The second-order valence-electron chi connectivity index (χ2n) is 4.17. The maximum absolute atomic E-state index is 12.1. The van der Waals surface area contributed by atoms with Gasteiger partial charge in [-0.05, 0) is 35.9 Å². The highest BCUT2D eigenvalue weighted by Gasteiger charge is 2.18. The number of para-hydroxylation sites is 1. The van der Waals surface area contributed by atoms with Gasteiger partial charge < -0.3 is 4.90 Å². The van der Waals surface area contributed by atoms with E-state index in [2.05, 4.69) is 10.4 Å². The Morgan fingerprint density at radius 2 is 2.00 bits per heavy atom. The van der Waals surface area contributed by atoms with Gasteiger partial charge in [-0.25, -0.2) is 9.59 Å². The molecule has 0 N–H and O–H groups in total. The number of amides is 1. The molecule has 2 rings (SSSR count). The molecular weight excluding hydrogens is 246 g/mol. The fourth-order valence-corrected chi connectivity index (χ4v) is 1.62. The number of aromatic nitrogens is 4. The molecule has 0 radical (unpaired) electrons. The van der Waals surface area contributed by atoms with E-state index in [0.717, 1.165) is 14.9 Å². The fourth-order valence-electron chi connectivity index (χ4n) is 1.62. The first-order valence-electron chi connectivity index (χ1n) is 5.92. The van der Waals surface area contributed by atoms with Gasteiger partial charge >= 0.3 is 11.7 Å². The molecule has 0 fully saturated rings. The van der Waals surface area contributed by atoms with Gasteiger partial charge in [-0.2, -0.15) is 4.68 Å². The molecule has 0 bridgehead atoms. The van der Waals surface area contributed by atoms with E-state index in [0.29, 0.717) is 12.2 Å². The second-order valence-corrected chi connectivity index (χ2v) is 4.17. The Balaban J connectivity index is 2.48. The number of rotatable bonds is 2. The van der Waals surface area contributed by atoms with E-state index >= 15 is 0 Å². The largest absolute Gasteiger partial charge is 0.377 e. The van der Waals surface area contributed by atoms with Gasteiger partial charge in [-0.1, -0.05) is 18.2 Å². The molecule has 0 saturated carbocycles. The average Bonchev–Trinajstić information content (AvgIpc) is 2.79. The fraction of sp³-hybridized carbons (Fsp3) is 0.333. The van der Waals surface area contributed by atoms with Crippen LogP contribution in [0.3, 0.4) is 0 Å². The van der Waals surface area contributed by atoms with Crippen LogP contribution in [-0.4, -0.2) is 44.3 Å². The molecule has 0 unspecified atom stereocenters. The van der Waals surface area contributed by atoms with Crippen LogP contribution in [0.15, 0.2) is 29.1 Å². The second kappa shape index (κ2) is 5.05. The summed E-state index contributed by atoms with van der Waals surface area (Å²) in [5.41, 5.74) is 0.929. The number of carbonyl (C=O) groups excluding carboxylic acids is 1. The minimum absolute atomic E-state index is 0.489. The summed E-state index contributed by atoms with van der Waals surface area (Å²) in [6.07, 6.45) is 0. The van der Waals surface area contributed by atoms with E-state index < -0.39 is 11.7 Å². The highest BCUT2D eigenvalue weighted by Crippen LogP contribution is 2.09.